The number of hydrogen-bond acceptors (Lipinski definition) is 4. The minimum atomic E-state index is 0.306. The van der Waals surface area contributed by atoms with Crippen LogP contribution in [0.2, 0.25) is 0 Å². The SMILES string of the molecule is CCCCCCCOCc1cc(N)cc2c1OCOC2. The predicted octanol–water partition coefficient (Wildman–Crippen LogP) is 3.62. The second-order valence-corrected chi connectivity index (χ2v) is 5.25. The van der Waals surface area contributed by atoms with Gasteiger partial charge >= 0.3 is 0 Å². The molecule has 1 aromatic carbocycles. The molecule has 1 aliphatic rings. The number of anilines is 1. The van der Waals surface area contributed by atoms with E-state index in [1.807, 2.05) is 12.1 Å². The van der Waals surface area contributed by atoms with E-state index in [1.165, 1.54) is 25.7 Å². The average molecular weight is 279 g/mol. The van der Waals surface area contributed by atoms with Gasteiger partial charge in [0.1, 0.15) is 5.75 Å². The van der Waals surface area contributed by atoms with Gasteiger partial charge in [-0.1, -0.05) is 32.6 Å². The molecule has 0 spiro atoms. The largest absolute Gasteiger partial charge is 0.467 e. The summed E-state index contributed by atoms with van der Waals surface area (Å²) < 4.78 is 16.6. The van der Waals surface area contributed by atoms with Crippen molar-refractivity contribution in [2.75, 3.05) is 19.1 Å². The molecule has 0 fully saturated rings. The van der Waals surface area contributed by atoms with Crippen molar-refractivity contribution in [2.45, 2.75) is 52.2 Å². The first kappa shape index (κ1) is 15.1. The third-order valence-corrected chi connectivity index (χ3v) is 3.46. The molecule has 0 aliphatic carbocycles. The van der Waals surface area contributed by atoms with Crippen LogP contribution in [0.1, 0.15) is 50.2 Å². The van der Waals surface area contributed by atoms with E-state index in [0.29, 0.717) is 20.0 Å². The maximum absolute atomic E-state index is 5.90. The van der Waals surface area contributed by atoms with Crippen LogP contribution in [0.5, 0.6) is 5.75 Å². The Morgan fingerprint density at radius 3 is 2.90 bits per heavy atom. The fourth-order valence-electron chi connectivity index (χ4n) is 2.42. The van der Waals surface area contributed by atoms with Gasteiger partial charge in [-0.2, -0.15) is 0 Å². The van der Waals surface area contributed by atoms with Crippen LogP contribution in [0.15, 0.2) is 12.1 Å². The van der Waals surface area contributed by atoms with Crippen molar-refractivity contribution in [2.24, 2.45) is 0 Å². The Bertz CT molecular complexity index is 420. The number of benzene rings is 1. The van der Waals surface area contributed by atoms with E-state index in [4.69, 9.17) is 19.9 Å². The highest BCUT2D eigenvalue weighted by Crippen LogP contribution is 2.31. The monoisotopic (exact) mass is 279 g/mol. The van der Waals surface area contributed by atoms with Crippen LogP contribution in [0.3, 0.4) is 0 Å². The average Bonchev–Trinajstić information content (AvgIpc) is 2.46. The second kappa shape index (κ2) is 8.12. The number of nitrogens with two attached hydrogens (primary N) is 1. The highest BCUT2D eigenvalue weighted by molar-refractivity contribution is 5.53. The first-order chi connectivity index (χ1) is 9.81. The Balaban J connectivity index is 1.79. The molecule has 0 amide bonds. The smallest absolute Gasteiger partial charge is 0.189 e. The van der Waals surface area contributed by atoms with Crippen LogP contribution in [-0.2, 0) is 22.7 Å². The Labute approximate surface area is 121 Å². The number of ether oxygens (including phenoxy) is 3. The zero-order valence-electron chi connectivity index (χ0n) is 12.3. The molecule has 112 valence electrons. The molecule has 1 heterocycles. The van der Waals surface area contributed by atoms with E-state index in [2.05, 4.69) is 6.92 Å². The molecule has 0 unspecified atom stereocenters. The Morgan fingerprint density at radius 1 is 1.20 bits per heavy atom. The predicted molar refractivity (Wildman–Crippen MR) is 79.6 cm³/mol. The molecule has 0 bridgehead atoms. The van der Waals surface area contributed by atoms with Gasteiger partial charge in [0.05, 0.1) is 13.2 Å². The second-order valence-electron chi connectivity index (χ2n) is 5.25. The summed E-state index contributed by atoms with van der Waals surface area (Å²) in [4.78, 5) is 0. The topological polar surface area (TPSA) is 53.7 Å². The van der Waals surface area contributed by atoms with Crippen molar-refractivity contribution in [1.29, 1.82) is 0 Å². The molecule has 20 heavy (non-hydrogen) atoms. The van der Waals surface area contributed by atoms with Crippen LogP contribution in [0.4, 0.5) is 5.69 Å². The van der Waals surface area contributed by atoms with Gasteiger partial charge in [0.15, 0.2) is 6.79 Å². The lowest BCUT2D eigenvalue weighted by molar-refractivity contribution is -0.0183. The van der Waals surface area contributed by atoms with Gasteiger partial charge in [-0.15, -0.1) is 0 Å². The molecular formula is C16H25NO3. The minimum absolute atomic E-state index is 0.306. The normalized spacial score (nSPS) is 13.8. The quantitative estimate of drug-likeness (QED) is 0.583. The van der Waals surface area contributed by atoms with E-state index in [-0.39, 0.29) is 0 Å². The van der Waals surface area contributed by atoms with Crippen molar-refractivity contribution in [1.82, 2.24) is 0 Å². The molecule has 0 saturated carbocycles. The van der Waals surface area contributed by atoms with Crippen molar-refractivity contribution < 1.29 is 14.2 Å². The van der Waals surface area contributed by atoms with Gasteiger partial charge < -0.3 is 19.9 Å². The first-order valence-electron chi connectivity index (χ1n) is 7.51. The van der Waals surface area contributed by atoms with Crippen LogP contribution in [-0.4, -0.2) is 13.4 Å². The lowest BCUT2D eigenvalue weighted by Gasteiger charge is -2.21. The standard InChI is InChI=1S/C16H25NO3/c1-2-3-4-5-6-7-18-10-13-8-15(17)9-14-11-19-12-20-16(13)14/h8-9H,2-7,10-12,17H2,1H3. The molecule has 1 aliphatic heterocycles. The molecule has 0 atom stereocenters. The molecule has 0 saturated heterocycles. The number of nitrogen functional groups attached to an aromatic ring is 1. The number of rotatable bonds is 8. The maximum Gasteiger partial charge on any atom is 0.189 e. The fourth-order valence-corrected chi connectivity index (χ4v) is 2.42. The Morgan fingerprint density at radius 2 is 2.05 bits per heavy atom. The van der Waals surface area contributed by atoms with Gasteiger partial charge in [-0.05, 0) is 18.6 Å². The zero-order chi connectivity index (χ0) is 14.2. The molecule has 2 N–H and O–H groups in total. The maximum atomic E-state index is 5.90. The third-order valence-electron chi connectivity index (χ3n) is 3.46. The third kappa shape index (κ3) is 4.39. The van der Waals surface area contributed by atoms with Crippen molar-refractivity contribution in [3.63, 3.8) is 0 Å². The number of unbranched alkanes of at least 4 members (excludes halogenated alkanes) is 4. The first-order valence-corrected chi connectivity index (χ1v) is 7.51. The summed E-state index contributed by atoms with van der Waals surface area (Å²) >= 11 is 0. The van der Waals surface area contributed by atoms with Crippen LogP contribution in [0, 0.1) is 0 Å². The molecule has 0 aromatic heterocycles. The summed E-state index contributed by atoms with van der Waals surface area (Å²) in [5.41, 5.74) is 8.67. The summed E-state index contributed by atoms with van der Waals surface area (Å²) in [6, 6.07) is 3.84. The number of fused-ring (bicyclic) bond motifs is 1. The molecule has 4 heteroatoms. The van der Waals surface area contributed by atoms with Crippen molar-refractivity contribution in [3.05, 3.63) is 23.3 Å². The Hall–Kier alpha value is -1.26. The summed E-state index contributed by atoms with van der Waals surface area (Å²) in [5.74, 6) is 0.886. The van der Waals surface area contributed by atoms with E-state index >= 15 is 0 Å². The highest BCUT2D eigenvalue weighted by Gasteiger charge is 2.16. The zero-order valence-corrected chi connectivity index (χ0v) is 12.3. The summed E-state index contributed by atoms with van der Waals surface area (Å²) in [6.45, 7) is 4.44. The summed E-state index contributed by atoms with van der Waals surface area (Å²) in [5, 5.41) is 0. The summed E-state index contributed by atoms with van der Waals surface area (Å²) in [7, 11) is 0. The van der Waals surface area contributed by atoms with Gasteiger partial charge in [0.2, 0.25) is 0 Å². The highest BCUT2D eigenvalue weighted by atomic mass is 16.7. The Kier molecular flexibility index (Phi) is 6.15. The molecular weight excluding hydrogens is 254 g/mol. The van der Waals surface area contributed by atoms with E-state index in [9.17, 15) is 0 Å². The van der Waals surface area contributed by atoms with E-state index in [0.717, 1.165) is 35.6 Å². The van der Waals surface area contributed by atoms with Gasteiger partial charge in [-0.25, -0.2) is 0 Å². The summed E-state index contributed by atoms with van der Waals surface area (Å²) in [6.07, 6.45) is 6.25. The van der Waals surface area contributed by atoms with E-state index < -0.39 is 0 Å². The van der Waals surface area contributed by atoms with Crippen LogP contribution < -0.4 is 10.5 Å². The van der Waals surface area contributed by atoms with E-state index in [1.54, 1.807) is 0 Å². The van der Waals surface area contributed by atoms with Gasteiger partial charge in [0.25, 0.3) is 0 Å². The minimum Gasteiger partial charge on any atom is -0.467 e. The van der Waals surface area contributed by atoms with Gasteiger partial charge in [0, 0.05) is 23.4 Å². The lowest BCUT2D eigenvalue weighted by atomic mass is 10.1. The van der Waals surface area contributed by atoms with Crippen molar-refractivity contribution >= 4 is 5.69 Å². The molecule has 4 nitrogen and oxygen atoms in total. The molecule has 2 rings (SSSR count). The molecule has 0 radical (unpaired) electrons. The van der Waals surface area contributed by atoms with Crippen LogP contribution >= 0.6 is 0 Å². The molecule has 1 aromatic rings. The number of hydrogen-bond donors (Lipinski definition) is 1. The fraction of sp³-hybridized carbons (Fsp3) is 0.625. The lowest BCUT2D eigenvalue weighted by Crippen LogP contribution is -2.14. The van der Waals surface area contributed by atoms with Gasteiger partial charge in [-0.3, -0.25) is 0 Å². The van der Waals surface area contributed by atoms with Crippen molar-refractivity contribution in [3.8, 4) is 5.75 Å². The van der Waals surface area contributed by atoms with Crippen LogP contribution in [0.25, 0.3) is 0 Å².